The Hall–Kier alpha value is -1.29. The summed E-state index contributed by atoms with van der Waals surface area (Å²) in [5, 5.41) is 6.35. The summed E-state index contributed by atoms with van der Waals surface area (Å²) >= 11 is 0. The van der Waals surface area contributed by atoms with Crippen LogP contribution in [0.4, 0.5) is 0 Å². The summed E-state index contributed by atoms with van der Waals surface area (Å²) in [5.74, 6) is 0.825. The molecule has 1 saturated carbocycles. The second kappa shape index (κ2) is 5.37. The van der Waals surface area contributed by atoms with Gasteiger partial charge in [0.1, 0.15) is 6.54 Å². The quantitative estimate of drug-likeness (QED) is 0.854. The van der Waals surface area contributed by atoms with Crippen molar-refractivity contribution >= 4 is 5.91 Å². The highest BCUT2D eigenvalue weighted by molar-refractivity contribution is 5.76. The topological polar surface area (TPSA) is 46.1 Å². The van der Waals surface area contributed by atoms with Gasteiger partial charge in [0.25, 0.3) is 0 Å². The minimum atomic E-state index is -0.172. The molecule has 106 valence electrons. The van der Waals surface area contributed by atoms with E-state index in [4.69, 9.17) is 0 Å². The zero-order valence-electron chi connectivity index (χ0n) is 12.4. The van der Waals surface area contributed by atoms with Crippen LogP contribution in [-0.4, -0.2) is 23.1 Å². The number of carbonyl (C=O) groups excluding carboxylic acids is 1. The van der Waals surface area contributed by atoms with E-state index in [1.807, 2.05) is 38.6 Å². The van der Waals surface area contributed by atoms with Crippen LogP contribution in [0.2, 0.25) is 0 Å². The van der Waals surface area contributed by atoms with Gasteiger partial charge in [-0.25, -0.2) is 0 Å². The number of hydrogen-bond acceptors (Lipinski definition) is 2. The maximum Gasteiger partial charge on any atom is 0.240 e. The normalized spacial score (nSPS) is 17.3. The number of nitrogens with zero attached hydrogens (tertiary/aromatic N) is 1. The number of hydrogen-bond donors (Lipinski definition) is 2. The Morgan fingerprint density at radius 1 is 1.47 bits per heavy atom. The van der Waals surface area contributed by atoms with Gasteiger partial charge in [0.15, 0.2) is 0 Å². The molecule has 19 heavy (non-hydrogen) atoms. The Morgan fingerprint density at radius 2 is 2.16 bits per heavy atom. The first kappa shape index (κ1) is 14.1. The van der Waals surface area contributed by atoms with Crippen LogP contribution in [0.5, 0.6) is 0 Å². The highest BCUT2D eigenvalue weighted by atomic mass is 16.2. The van der Waals surface area contributed by atoms with Crippen molar-refractivity contribution in [3.63, 3.8) is 0 Å². The third-order valence-corrected chi connectivity index (χ3v) is 3.38. The van der Waals surface area contributed by atoms with Gasteiger partial charge in [0, 0.05) is 24.0 Å². The van der Waals surface area contributed by atoms with Crippen LogP contribution in [0, 0.1) is 5.92 Å². The summed E-state index contributed by atoms with van der Waals surface area (Å²) in [5.41, 5.74) is 1.11. The lowest BCUT2D eigenvalue weighted by Crippen LogP contribution is -2.42. The van der Waals surface area contributed by atoms with Crippen LogP contribution in [0.15, 0.2) is 18.5 Å². The fourth-order valence-electron chi connectivity index (χ4n) is 2.47. The Labute approximate surface area is 115 Å². The van der Waals surface area contributed by atoms with E-state index in [0.29, 0.717) is 12.6 Å². The Morgan fingerprint density at radius 3 is 2.68 bits per heavy atom. The number of nitrogens with one attached hydrogen (secondary N) is 2. The van der Waals surface area contributed by atoms with Gasteiger partial charge in [0.05, 0.1) is 0 Å². The smallest absolute Gasteiger partial charge is 0.240 e. The van der Waals surface area contributed by atoms with Gasteiger partial charge in [-0.1, -0.05) is 0 Å². The lowest BCUT2D eigenvalue weighted by molar-refractivity contribution is -0.123. The highest BCUT2D eigenvalue weighted by Gasteiger charge is 2.31. The third-order valence-electron chi connectivity index (χ3n) is 3.38. The standard InChI is InChI=1S/C15H25N3O/c1-15(2,3)17-13(19)10-18-8-7-12(9-18)14(16-4)11-5-6-11/h7-9,11,14,16H,5-6,10H2,1-4H3,(H,17,19). The lowest BCUT2D eigenvalue weighted by Gasteiger charge is -2.20. The van der Waals surface area contributed by atoms with Crippen molar-refractivity contribution < 1.29 is 4.79 Å². The van der Waals surface area contributed by atoms with E-state index in [1.54, 1.807) is 0 Å². The molecule has 1 aliphatic carbocycles. The average Bonchev–Trinajstić information content (AvgIpc) is 2.99. The summed E-state index contributed by atoms with van der Waals surface area (Å²) in [6.45, 7) is 6.38. The first-order valence-electron chi connectivity index (χ1n) is 7.03. The summed E-state index contributed by atoms with van der Waals surface area (Å²) in [6, 6.07) is 2.55. The van der Waals surface area contributed by atoms with Gasteiger partial charge in [-0.15, -0.1) is 0 Å². The van der Waals surface area contributed by atoms with Crippen LogP contribution in [0.3, 0.4) is 0 Å². The number of aromatic nitrogens is 1. The van der Waals surface area contributed by atoms with Crippen molar-refractivity contribution in [3.8, 4) is 0 Å². The van der Waals surface area contributed by atoms with E-state index in [9.17, 15) is 4.79 Å². The van der Waals surface area contributed by atoms with Crippen LogP contribution >= 0.6 is 0 Å². The Balaban J connectivity index is 1.95. The number of carbonyl (C=O) groups is 1. The van der Waals surface area contributed by atoms with Crippen molar-refractivity contribution in [1.29, 1.82) is 0 Å². The van der Waals surface area contributed by atoms with Crippen molar-refractivity contribution in [2.24, 2.45) is 5.92 Å². The first-order valence-corrected chi connectivity index (χ1v) is 7.03. The van der Waals surface area contributed by atoms with E-state index in [2.05, 4.69) is 22.9 Å². The molecule has 1 atom stereocenters. The molecule has 4 heteroatoms. The zero-order chi connectivity index (χ0) is 14.0. The maximum absolute atomic E-state index is 11.9. The minimum Gasteiger partial charge on any atom is -0.350 e. The molecule has 0 bridgehead atoms. The van der Waals surface area contributed by atoms with E-state index in [1.165, 1.54) is 18.4 Å². The molecule has 1 aliphatic rings. The molecule has 0 aromatic carbocycles. The molecule has 0 radical (unpaired) electrons. The van der Waals surface area contributed by atoms with Crippen molar-refractivity contribution in [2.75, 3.05) is 7.05 Å². The first-order chi connectivity index (χ1) is 8.89. The van der Waals surface area contributed by atoms with Crippen LogP contribution in [0.25, 0.3) is 0 Å². The molecule has 1 fully saturated rings. The summed E-state index contributed by atoms with van der Waals surface area (Å²) in [7, 11) is 2.01. The average molecular weight is 263 g/mol. The van der Waals surface area contributed by atoms with Gasteiger partial charge >= 0.3 is 0 Å². The van der Waals surface area contributed by atoms with Crippen molar-refractivity contribution in [2.45, 2.75) is 51.7 Å². The molecule has 0 saturated heterocycles. The van der Waals surface area contributed by atoms with Gasteiger partial charge < -0.3 is 15.2 Å². The van der Waals surface area contributed by atoms with Crippen molar-refractivity contribution in [1.82, 2.24) is 15.2 Å². The predicted octanol–water partition coefficient (Wildman–Crippen LogP) is 2.07. The number of amides is 1. The molecular formula is C15H25N3O. The van der Waals surface area contributed by atoms with Crippen LogP contribution in [-0.2, 0) is 11.3 Å². The molecule has 0 aliphatic heterocycles. The maximum atomic E-state index is 11.9. The van der Waals surface area contributed by atoms with Gasteiger partial charge in [-0.3, -0.25) is 4.79 Å². The van der Waals surface area contributed by atoms with Gasteiger partial charge in [-0.2, -0.15) is 0 Å². The lowest BCUT2D eigenvalue weighted by atomic mass is 10.1. The molecule has 1 aromatic heterocycles. The largest absolute Gasteiger partial charge is 0.350 e. The highest BCUT2D eigenvalue weighted by Crippen LogP contribution is 2.40. The molecule has 1 heterocycles. The van der Waals surface area contributed by atoms with Crippen molar-refractivity contribution in [3.05, 3.63) is 24.0 Å². The monoisotopic (exact) mass is 263 g/mol. The van der Waals surface area contributed by atoms with E-state index in [0.717, 1.165) is 5.92 Å². The van der Waals surface area contributed by atoms with Crippen LogP contribution in [0.1, 0.15) is 45.2 Å². The summed E-state index contributed by atoms with van der Waals surface area (Å²) in [6.07, 6.45) is 6.69. The third kappa shape index (κ3) is 4.10. The molecular weight excluding hydrogens is 238 g/mol. The second-order valence-corrected chi connectivity index (χ2v) is 6.52. The fourth-order valence-corrected chi connectivity index (χ4v) is 2.47. The van der Waals surface area contributed by atoms with E-state index < -0.39 is 0 Å². The fraction of sp³-hybridized carbons (Fsp3) is 0.667. The predicted molar refractivity (Wildman–Crippen MR) is 76.9 cm³/mol. The van der Waals surface area contributed by atoms with Crippen LogP contribution < -0.4 is 10.6 Å². The summed E-state index contributed by atoms with van der Waals surface area (Å²) in [4.78, 5) is 11.9. The number of rotatable bonds is 5. The molecule has 0 spiro atoms. The Kier molecular flexibility index (Phi) is 3.99. The van der Waals surface area contributed by atoms with Gasteiger partial charge in [-0.05, 0) is 58.2 Å². The Bertz CT molecular complexity index is 440. The minimum absolute atomic E-state index is 0.0575. The molecule has 2 N–H and O–H groups in total. The molecule has 1 amide bonds. The van der Waals surface area contributed by atoms with E-state index >= 15 is 0 Å². The SMILES string of the molecule is CNC(c1ccn(CC(=O)NC(C)(C)C)c1)C1CC1. The summed E-state index contributed by atoms with van der Waals surface area (Å²) < 4.78 is 1.96. The molecule has 1 aromatic rings. The molecule has 4 nitrogen and oxygen atoms in total. The molecule has 1 unspecified atom stereocenters. The van der Waals surface area contributed by atoms with E-state index in [-0.39, 0.29) is 11.4 Å². The zero-order valence-corrected chi connectivity index (χ0v) is 12.4. The molecule has 2 rings (SSSR count). The van der Waals surface area contributed by atoms with Gasteiger partial charge in [0.2, 0.25) is 5.91 Å². The second-order valence-electron chi connectivity index (χ2n) is 6.52.